The van der Waals surface area contributed by atoms with E-state index in [9.17, 15) is 43.2 Å². The highest BCUT2D eigenvalue weighted by atomic mass is 31.2. The third-order valence-corrected chi connectivity index (χ3v) is 19.9. The van der Waals surface area contributed by atoms with E-state index in [2.05, 4.69) is 41.5 Å². The number of phosphoric ester groups is 2. The minimum atomic E-state index is -4.96. The number of carbonyl (C=O) groups is 4. The number of phosphoric acid groups is 2. The third-order valence-electron chi connectivity index (χ3n) is 18.0. The van der Waals surface area contributed by atoms with Crippen molar-refractivity contribution in [1.29, 1.82) is 0 Å². The van der Waals surface area contributed by atoms with Gasteiger partial charge in [0.25, 0.3) is 0 Å². The first-order valence-corrected chi connectivity index (χ1v) is 43.0. The molecular formula is C77H150O17P2. The van der Waals surface area contributed by atoms with Gasteiger partial charge in [-0.05, 0) is 37.5 Å². The van der Waals surface area contributed by atoms with Crippen LogP contribution < -0.4 is 0 Å². The zero-order valence-corrected chi connectivity index (χ0v) is 64.5. The minimum Gasteiger partial charge on any atom is -0.462 e. The molecule has 0 amide bonds. The van der Waals surface area contributed by atoms with E-state index in [0.29, 0.717) is 31.6 Å². The molecule has 0 radical (unpaired) electrons. The van der Waals surface area contributed by atoms with Gasteiger partial charge in [-0.25, -0.2) is 9.13 Å². The van der Waals surface area contributed by atoms with Gasteiger partial charge in [-0.15, -0.1) is 0 Å². The zero-order chi connectivity index (χ0) is 70.7. The number of hydrogen-bond acceptors (Lipinski definition) is 15. The molecule has 0 aliphatic carbocycles. The standard InChI is InChI=1S/C77H150O17P2/c1-7-9-11-13-15-17-19-21-23-28-31-35-41-47-53-59-74(79)87-65-72(93-76(81)62-56-50-43-37-33-29-25-24-26-30-34-39-45-51-57-69(3)4)67-91-95(83,84)89-63-71(78)64-90-96(85,86)92-68-73(66-88-75(80)60-54-48-44-38-40-46-52-58-70(5)6)94-77(82)61-55-49-42-36-32-27-22-20-18-16-14-12-10-8-2/h69-73,78H,7-68H2,1-6H3,(H,83,84)(H,85,86)/t71-,72-,73-/m1/s1. The van der Waals surface area contributed by atoms with Crippen LogP contribution in [0, 0.1) is 11.8 Å². The second-order valence-corrected chi connectivity index (χ2v) is 31.6. The summed E-state index contributed by atoms with van der Waals surface area (Å²) < 4.78 is 68.6. The van der Waals surface area contributed by atoms with Crippen LogP contribution in [0.2, 0.25) is 0 Å². The van der Waals surface area contributed by atoms with Crippen LogP contribution in [0.25, 0.3) is 0 Å². The maximum Gasteiger partial charge on any atom is 0.472 e. The quantitative estimate of drug-likeness (QED) is 0.0222. The van der Waals surface area contributed by atoms with Crippen LogP contribution in [-0.4, -0.2) is 96.7 Å². The van der Waals surface area contributed by atoms with Crippen molar-refractivity contribution < 1.29 is 80.2 Å². The molecule has 2 unspecified atom stereocenters. The summed E-state index contributed by atoms with van der Waals surface area (Å²) in [6, 6.07) is 0. The lowest BCUT2D eigenvalue weighted by Gasteiger charge is -2.21. The lowest BCUT2D eigenvalue weighted by atomic mass is 10.0. The Balaban J connectivity index is 5.25. The van der Waals surface area contributed by atoms with E-state index in [4.69, 9.17) is 37.0 Å². The summed E-state index contributed by atoms with van der Waals surface area (Å²) in [5.41, 5.74) is 0. The van der Waals surface area contributed by atoms with Crippen LogP contribution in [0.4, 0.5) is 0 Å². The largest absolute Gasteiger partial charge is 0.472 e. The molecule has 5 atom stereocenters. The van der Waals surface area contributed by atoms with Crippen molar-refractivity contribution in [2.24, 2.45) is 11.8 Å². The SMILES string of the molecule is CCCCCCCCCCCCCCCCCC(=O)OC[C@H](COP(=O)(O)OC[C@@H](O)COP(=O)(O)OC[C@@H](COC(=O)CCCCCCCCCC(C)C)OC(=O)CCCCCCCCCCCCCCCC)OC(=O)CCCCCCCCCCCCCCCCC(C)C. The molecule has 17 nitrogen and oxygen atoms in total. The highest BCUT2D eigenvalue weighted by Crippen LogP contribution is 2.45. The lowest BCUT2D eigenvalue weighted by molar-refractivity contribution is -0.161. The van der Waals surface area contributed by atoms with Gasteiger partial charge in [-0.1, -0.05) is 350 Å². The van der Waals surface area contributed by atoms with Crippen molar-refractivity contribution in [3.63, 3.8) is 0 Å². The Morgan fingerprint density at radius 3 is 0.708 bits per heavy atom. The smallest absolute Gasteiger partial charge is 0.462 e. The molecule has 0 fully saturated rings. The van der Waals surface area contributed by atoms with Crippen molar-refractivity contribution in [3.8, 4) is 0 Å². The average Bonchev–Trinajstić information content (AvgIpc) is 1.08. The second-order valence-electron chi connectivity index (χ2n) is 28.7. The second kappa shape index (κ2) is 68.8. The van der Waals surface area contributed by atoms with Crippen LogP contribution in [0.3, 0.4) is 0 Å². The molecule has 0 aromatic rings. The first-order chi connectivity index (χ1) is 46.4. The van der Waals surface area contributed by atoms with Gasteiger partial charge in [0.05, 0.1) is 26.4 Å². The normalized spacial score (nSPS) is 14.0. The number of rotatable bonds is 76. The van der Waals surface area contributed by atoms with Crippen molar-refractivity contribution >= 4 is 39.5 Å². The van der Waals surface area contributed by atoms with E-state index in [-0.39, 0.29) is 25.7 Å². The summed E-state index contributed by atoms with van der Waals surface area (Å²) in [6.45, 7) is 9.58. The van der Waals surface area contributed by atoms with Gasteiger partial charge in [0.1, 0.15) is 19.3 Å². The minimum absolute atomic E-state index is 0.107. The van der Waals surface area contributed by atoms with Crippen molar-refractivity contribution in [1.82, 2.24) is 0 Å². The van der Waals surface area contributed by atoms with Gasteiger partial charge >= 0.3 is 39.5 Å². The molecule has 0 aromatic heterocycles. The van der Waals surface area contributed by atoms with Crippen LogP contribution in [0.15, 0.2) is 0 Å². The molecule has 19 heteroatoms. The topological polar surface area (TPSA) is 237 Å². The Morgan fingerprint density at radius 1 is 0.281 bits per heavy atom. The van der Waals surface area contributed by atoms with Crippen LogP contribution in [0.5, 0.6) is 0 Å². The summed E-state index contributed by atoms with van der Waals surface area (Å²) in [7, 11) is -9.91. The molecule has 0 heterocycles. The number of esters is 4. The molecule has 570 valence electrons. The predicted octanol–water partition coefficient (Wildman–Crippen LogP) is 22.7. The first kappa shape index (κ1) is 94.1. The Hall–Kier alpha value is -1.94. The van der Waals surface area contributed by atoms with E-state index < -0.39 is 97.5 Å². The summed E-state index contributed by atoms with van der Waals surface area (Å²) >= 11 is 0. The summed E-state index contributed by atoms with van der Waals surface area (Å²) in [6.07, 6.45) is 56.8. The molecule has 0 saturated heterocycles. The van der Waals surface area contributed by atoms with Gasteiger partial charge in [-0.2, -0.15) is 0 Å². The van der Waals surface area contributed by atoms with Gasteiger partial charge in [0.15, 0.2) is 12.2 Å². The molecule has 3 N–H and O–H groups in total. The third kappa shape index (κ3) is 70.5. The molecule has 0 rings (SSSR count). The van der Waals surface area contributed by atoms with Crippen LogP contribution in [-0.2, 0) is 65.4 Å². The van der Waals surface area contributed by atoms with Gasteiger partial charge in [-0.3, -0.25) is 37.3 Å². The first-order valence-electron chi connectivity index (χ1n) is 40.0. The Labute approximate surface area is 588 Å². The van der Waals surface area contributed by atoms with Gasteiger partial charge < -0.3 is 33.8 Å². The van der Waals surface area contributed by atoms with E-state index in [0.717, 1.165) is 102 Å². The molecule has 0 bridgehead atoms. The van der Waals surface area contributed by atoms with E-state index in [1.807, 2.05) is 0 Å². The molecule has 96 heavy (non-hydrogen) atoms. The average molecular weight is 1410 g/mol. The number of hydrogen-bond donors (Lipinski definition) is 3. The monoisotopic (exact) mass is 1410 g/mol. The Bertz CT molecular complexity index is 1860. The molecule has 0 saturated carbocycles. The Morgan fingerprint density at radius 2 is 0.479 bits per heavy atom. The number of aliphatic hydroxyl groups excluding tert-OH is 1. The summed E-state index contributed by atoms with van der Waals surface area (Å²) in [5, 5.41) is 10.6. The summed E-state index contributed by atoms with van der Waals surface area (Å²) in [5.74, 6) is -0.612. The fourth-order valence-corrected chi connectivity index (χ4v) is 13.4. The number of carbonyl (C=O) groups excluding carboxylic acids is 4. The van der Waals surface area contributed by atoms with Crippen LogP contribution >= 0.6 is 15.6 Å². The summed E-state index contributed by atoms with van der Waals surface area (Å²) in [4.78, 5) is 72.9. The van der Waals surface area contributed by atoms with E-state index in [1.165, 1.54) is 212 Å². The molecular weight excluding hydrogens is 1260 g/mol. The number of unbranched alkanes of at least 4 members (excludes halogenated alkanes) is 46. The van der Waals surface area contributed by atoms with Crippen molar-refractivity contribution in [2.75, 3.05) is 39.6 Å². The molecule has 0 aromatic carbocycles. The highest BCUT2D eigenvalue weighted by Gasteiger charge is 2.30. The Kier molecular flexibility index (Phi) is 67.4. The van der Waals surface area contributed by atoms with Gasteiger partial charge in [0.2, 0.25) is 0 Å². The van der Waals surface area contributed by atoms with E-state index in [1.54, 1.807) is 0 Å². The predicted molar refractivity (Wildman–Crippen MR) is 391 cm³/mol. The van der Waals surface area contributed by atoms with Crippen molar-refractivity contribution in [2.45, 2.75) is 419 Å². The van der Waals surface area contributed by atoms with Crippen LogP contribution in [0.1, 0.15) is 401 Å². The molecule has 0 spiro atoms. The van der Waals surface area contributed by atoms with E-state index >= 15 is 0 Å². The lowest BCUT2D eigenvalue weighted by Crippen LogP contribution is -2.30. The number of ether oxygens (including phenoxy) is 4. The molecule has 0 aliphatic heterocycles. The highest BCUT2D eigenvalue weighted by molar-refractivity contribution is 7.47. The maximum atomic E-state index is 13.1. The van der Waals surface area contributed by atoms with Crippen molar-refractivity contribution in [3.05, 3.63) is 0 Å². The fourth-order valence-electron chi connectivity index (χ4n) is 11.8. The maximum absolute atomic E-state index is 13.1. The molecule has 0 aliphatic rings. The zero-order valence-electron chi connectivity index (χ0n) is 62.7. The fraction of sp³-hybridized carbons (Fsp3) is 0.948. The van der Waals surface area contributed by atoms with Gasteiger partial charge in [0, 0.05) is 25.7 Å². The number of aliphatic hydroxyl groups is 1.